The van der Waals surface area contributed by atoms with Crippen LogP contribution in [0.5, 0.6) is 11.5 Å². The minimum Gasteiger partial charge on any atom is -0.467 e. The number of nitrogens with zero attached hydrogens (tertiary/aromatic N) is 1. The molecule has 0 aliphatic heterocycles. The maximum Gasteiger partial charge on any atom is 0.499 e. The van der Waals surface area contributed by atoms with Crippen LogP contribution in [0, 0.1) is 25.2 Å². The summed E-state index contributed by atoms with van der Waals surface area (Å²) < 4.78 is 76.8. The molecule has 1 unspecified atom stereocenters. The summed E-state index contributed by atoms with van der Waals surface area (Å²) >= 11 is 0. The fraction of sp³-hybridized carbons (Fsp3) is 0.316. The highest BCUT2D eigenvalue weighted by atomic mass is 19.4. The first kappa shape index (κ1) is 21.4. The fourth-order valence-electron chi connectivity index (χ4n) is 2.31. The molecule has 1 atom stereocenters. The number of ether oxygens (including phenoxy) is 3. The molecule has 0 N–H and O–H groups in total. The summed E-state index contributed by atoms with van der Waals surface area (Å²) in [6, 6.07) is 11.5. The molecular formula is C19H16F5NO3. The number of aryl methyl sites for hydroxylation is 2. The van der Waals surface area contributed by atoms with Crippen LogP contribution >= 0.6 is 0 Å². The van der Waals surface area contributed by atoms with Gasteiger partial charge in [0, 0.05) is 0 Å². The summed E-state index contributed by atoms with van der Waals surface area (Å²) in [4.78, 5) is 0. The second-order valence-corrected chi connectivity index (χ2v) is 5.84. The van der Waals surface area contributed by atoms with Gasteiger partial charge in [0.2, 0.25) is 0 Å². The molecule has 0 amide bonds. The number of alkyl halides is 5. The number of benzene rings is 2. The summed E-state index contributed by atoms with van der Waals surface area (Å²) in [5, 5.41) is 9.22. The lowest BCUT2D eigenvalue weighted by Gasteiger charge is -2.20. The smallest absolute Gasteiger partial charge is 0.467 e. The van der Waals surface area contributed by atoms with Gasteiger partial charge in [0.15, 0.2) is 12.9 Å². The highest BCUT2D eigenvalue weighted by molar-refractivity contribution is 5.39. The van der Waals surface area contributed by atoms with E-state index in [9.17, 15) is 27.2 Å². The SMILES string of the molecule is Cc1cccc(C)c1OCOC(C#N)c1ccc(OC(F)(F)C(F)(F)F)cc1. The molecular weight excluding hydrogens is 385 g/mol. The van der Waals surface area contributed by atoms with E-state index in [2.05, 4.69) is 4.74 Å². The first-order valence-electron chi connectivity index (χ1n) is 7.99. The molecule has 2 rings (SSSR count). The van der Waals surface area contributed by atoms with Crippen LogP contribution in [0.15, 0.2) is 42.5 Å². The number of para-hydroxylation sites is 1. The Morgan fingerprint density at radius 2 is 1.54 bits per heavy atom. The summed E-state index contributed by atoms with van der Waals surface area (Å²) in [5.74, 6) is -0.0909. The molecule has 0 saturated carbocycles. The molecule has 0 aliphatic rings. The Labute approximate surface area is 158 Å². The molecule has 0 aromatic heterocycles. The van der Waals surface area contributed by atoms with Gasteiger partial charge in [-0.3, -0.25) is 0 Å². The Balaban J connectivity index is 2.00. The van der Waals surface area contributed by atoms with Crippen molar-refractivity contribution in [1.82, 2.24) is 0 Å². The zero-order chi connectivity index (χ0) is 20.9. The number of hydrogen-bond acceptors (Lipinski definition) is 4. The van der Waals surface area contributed by atoms with Crippen molar-refractivity contribution in [1.29, 1.82) is 5.26 Å². The van der Waals surface area contributed by atoms with Crippen molar-refractivity contribution >= 4 is 0 Å². The first-order chi connectivity index (χ1) is 13.0. The Kier molecular flexibility index (Phi) is 6.46. The predicted molar refractivity (Wildman–Crippen MR) is 88.9 cm³/mol. The van der Waals surface area contributed by atoms with E-state index in [0.29, 0.717) is 5.75 Å². The molecule has 0 saturated heterocycles. The van der Waals surface area contributed by atoms with E-state index in [1.165, 1.54) is 0 Å². The molecule has 0 aliphatic carbocycles. The molecule has 0 radical (unpaired) electrons. The van der Waals surface area contributed by atoms with Crippen LogP contribution < -0.4 is 9.47 Å². The molecule has 0 spiro atoms. The van der Waals surface area contributed by atoms with Crippen molar-refractivity contribution in [2.45, 2.75) is 32.2 Å². The van der Waals surface area contributed by atoms with Gasteiger partial charge >= 0.3 is 12.3 Å². The molecule has 9 heteroatoms. The van der Waals surface area contributed by atoms with Gasteiger partial charge in [0.25, 0.3) is 0 Å². The lowest BCUT2D eigenvalue weighted by atomic mass is 10.1. The van der Waals surface area contributed by atoms with Crippen molar-refractivity contribution in [3.63, 3.8) is 0 Å². The second-order valence-electron chi connectivity index (χ2n) is 5.84. The van der Waals surface area contributed by atoms with E-state index in [1.807, 2.05) is 38.1 Å². The van der Waals surface area contributed by atoms with E-state index < -0.39 is 24.1 Å². The molecule has 4 nitrogen and oxygen atoms in total. The maximum atomic E-state index is 12.9. The standard InChI is InChI=1S/C19H16F5NO3/c1-12-4-3-5-13(2)17(12)27-11-26-16(10-25)14-6-8-15(9-7-14)28-19(23,24)18(20,21)22/h3-9,16H,11H2,1-2H3. The zero-order valence-electron chi connectivity index (χ0n) is 14.9. The summed E-state index contributed by atoms with van der Waals surface area (Å²) in [6.45, 7) is 3.44. The van der Waals surface area contributed by atoms with Crippen LogP contribution in [-0.4, -0.2) is 19.1 Å². The van der Waals surface area contributed by atoms with E-state index in [0.717, 1.165) is 35.4 Å². The molecule has 2 aromatic carbocycles. The largest absolute Gasteiger partial charge is 0.499 e. The first-order valence-corrected chi connectivity index (χ1v) is 7.99. The molecule has 0 heterocycles. The van der Waals surface area contributed by atoms with Crippen molar-refractivity contribution < 1.29 is 36.2 Å². The van der Waals surface area contributed by atoms with Gasteiger partial charge in [0.1, 0.15) is 11.5 Å². The predicted octanol–water partition coefficient (Wildman–Crippen LogP) is 5.46. The average molecular weight is 401 g/mol. The maximum absolute atomic E-state index is 12.9. The van der Waals surface area contributed by atoms with E-state index in [-0.39, 0.29) is 12.4 Å². The van der Waals surface area contributed by atoms with Gasteiger partial charge in [-0.05, 0) is 42.7 Å². The second kappa shape index (κ2) is 8.44. The fourth-order valence-corrected chi connectivity index (χ4v) is 2.31. The average Bonchev–Trinajstić information content (AvgIpc) is 2.60. The molecule has 28 heavy (non-hydrogen) atoms. The topological polar surface area (TPSA) is 51.5 Å². The Hall–Kier alpha value is -2.86. The van der Waals surface area contributed by atoms with Gasteiger partial charge in [-0.1, -0.05) is 30.3 Å². The molecule has 0 fully saturated rings. The highest BCUT2D eigenvalue weighted by Crippen LogP contribution is 2.37. The Bertz CT molecular complexity index is 824. The van der Waals surface area contributed by atoms with Crippen LogP contribution in [0.3, 0.4) is 0 Å². The molecule has 150 valence electrons. The van der Waals surface area contributed by atoms with Crippen LogP contribution in [0.4, 0.5) is 22.0 Å². The minimum atomic E-state index is -5.84. The number of halogens is 5. The summed E-state index contributed by atoms with van der Waals surface area (Å²) in [7, 11) is 0. The number of hydrogen-bond donors (Lipinski definition) is 0. The van der Waals surface area contributed by atoms with Crippen LogP contribution in [0.25, 0.3) is 0 Å². The summed E-state index contributed by atoms with van der Waals surface area (Å²) in [6.07, 6.45) is -12.3. The zero-order valence-corrected chi connectivity index (χ0v) is 14.9. The van der Waals surface area contributed by atoms with E-state index >= 15 is 0 Å². The van der Waals surface area contributed by atoms with E-state index in [1.54, 1.807) is 0 Å². The highest BCUT2D eigenvalue weighted by Gasteiger charge is 2.61. The Morgan fingerprint density at radius 3 is 2.04 bits per heavy atom. The van der Waals surface area contributed by atoms with Crippen molar-refractivity contribution in [3.8, 4) is 17.6 Å². The third kappa shape index (κ3) is 5.10. The monoisotopic (exact) mass is 401 g/mol. The minimum absolute atomic E-state index is 0.246. The van der Waals surface area contributed by atoms with Crippen LogP contribution in [-0.2, 0) is 4.74 Å². The van der Waals surface area contributed by atoms with Gasteiger partial charge in [-0.15, -0.1) is 0 Å². The lowest BCUT2D eigenvalue weighted by Crippen LogP contribution is -2.41. The van der Waals surface area contributed by atoms with Crippen molar-refractivity contribution in [2.75, 3.05) is 6.79 Å². The van der Waals surface area contributed by atoms with Crippen molar-refractivity contribution in [2.24, 2.45) is 0 Å². The van der Waals surface area contributed by atoms with Crippen molar-refractivity contribution in [3.05, 3.63) is 59.2 Å². The van der Waals surface area contributed by atoms with Gasteiger partial charge in [-0.2, -0.15) is 27.2 Å². The van der Waals surface area contributed by atoms with Gasteiger partial charge in [-0.25, -0.2) is 0 Å². The molecule has 2 aromatic rings. The van der Waals surface area contributed by atoms with E-state index in [4.69, 9.17) is 9.47 Å². The lowest BCUT2D eigenvalue weighted by molar-refractivity contribution is -0.360. The third-order valence-electron chi connectivity index (χ3n) is 3.72. The summed E-state index contributed by atoms with van der Waals surface area (Å²) in [5.41, 5.74) is 2.00. The quantitative estimate of drug-likeness (QED) is 0.457. The molecule has 0 bridgehead atoms. The number of nitriles is 1. The van der Waals surface area contributed by atoms with Crippen LogP contribution in [0.1, 0.15) is 22.8 Å². The third-order valence-corrected chi connectivity index (χ3v) is 3.72. The van der Waals surface area contributed by atoms with Gasteiger partial charge < -0.3 is 14.2 Å². The van der Waals surface area contributed by atoms with Crippen LogP contribution in [0.2, 0.25) is 0 Å². The van der Waals surface area contributed by atoms with Gasteiger partial charge in [0.05, 0.1) is 6.07 Å². The Morgan fingerprint density at radius 1 is 0.964 bits per heavy atom. The number of rotatable bonds is 7. The normalized spacial score (nSPS) is 12.9.